The van der Waals surface area contributed by atoms with Crippen molar-refractivity contribution in [2.45, 2.75) is 65.7 Å². The van der Waals surface area contributed by atoms with Gasteiger partial charge in [-0.3, -0.25) is 9.36 Å². The van der Waals surface area contributed by atoms with Gasteiger partial charge in [-0.1, -0.05) is 34.6 Å². The lowest BCUT2D eigenvalue weighted by molar-refractivity contribution is -0.123. The summed E-state index contributed by atoms with van der Waals surface area (Å²) in [5.41, 5.74) is 0.447. The lowest BCUT2D eigenvalue weighted by Crippen LogP contribution is -2.45. The van der Waals surface area contributed by atoms with Crippen LogP contribution in [-0.4, -0.2) is 40.3 Å². The summed E-state index contributed by atoms with van der Waals surface area (Å²) in [5, 5.41) is 12.1. The van der Waals surface area contributed by atoms with Crippen LogP contribution in [0, 0.1) is 10.8 Å². The molecule has 0 aromatic carbocycles. The molecule has 0 aliphatic carbocycles. The van der Waals surface area contributed by atoms with Crippen LogP contribution in [0.25, 0.3) is 0 Å². The number of hydrogen-bond acceptors (Lipinski definition) is 4. The topological polar surface area (TPSA) is 63.1 Å². The molecule has 1 N–H and O–H groups in total. The van der Waals surface area contributed by atoms with E-state index >= 15 is 0 Å². The molecule has 2 aliphatic heterocycles. The molecule has 0 radical (unpaired) electrons. The maximum Gasteiger partial charge on any atom is 0.227 e. The van der Waals surface area contributed by atoms with Gasteiger partial charge in [0, 0.05) is 38.5 Å². The number of aromatic nitrogens is 3. The standard InChI is InChI=1S/C19H33N5O/c1-17(2)9-10-24(13-18(3,4)11-17)16-22-21-15(23(16)6)19(5)8-7-14(25)20-12-19/h7-13H2,1-6H3,(H,20,25). The average molecular weight is 348 g/mol. The number of hydrogen-bond donors (Lipinski definition) is 1. The van der Waals surface area contributed by atoms with Gasteiger partial charge in [0.15, 0.2) is 0 Å². The number of anilines is 1. The minimum Gasteiger partial charge on any atom is -0.355 e. The largest absolute Gasteiger partial charge is 0.355 e. The van der Waals surface area contributed by atoms with Gasteiger partial charge in [0.25, 0.3) is 0 Å². The molecule has 1 atom stereocenters. The van der Waals surface area contributed by atoms with Crippen molar-refractivity contribution in [1.82, 2.24) is 20.1 Å². The van der Waals surface area contributed by atoms with Gasteiger partial charge in [-0.2, -0.15) is 0 Å². The molecule has 1 amide bonds. The fourth-order valence-corrected chi connectivity index (χ4v) is 4.82. The molecule has 2 saturated heterocycles. The quantitative estimate of drug-likeness (QED) is 0.893. The summed E-state index contributed by atoms with van der Waals surface area (Å²) < 4.78 is 2.14. The summed E-state index contributed by atoms with van der Waals surface area (Å²) in [4.78, 5) is 13.9. The van der Waals surface area contributed by atoms with Crippen LogP contribution in [0.5, 0.6) is 0 Å². The number of carbonyl (C=O) groups excluding carboxylic acids is 1. The summed E-state index contributed by atoms with van der Waals surface area (Å²) in [6.45, 7) is 14.3. The summed E-state index contributed by atoms with van der Waals surface area (Å²) in [7, 11) is 2.06. The van der Waals surface area contributed by atoms with E-state index < -0.39 is 0 Å². The molecule has 2 aliphatic rings. The highest BCUT2D eigenvalue weighted by Gasteiger charge is 2.39. The van der Waals surface area contributed by atoms with Crippen LogP contribution in [0.4, 0.5) is 5.95 Å². The van der Waals surface area contributed by atoms with Crippen molar-refractivity contribution in [1.29, 1.82) is 0 Å². The zero-order valence-electron chi connectivity index (χ0n) is 16.6. The molecule has 3 heterocycles. The first kappa shape index (κ1) is 18.2. The van der Waals surface area contributed by atoms with Crippen LogP contribution in [0.15, 0.2) is 0 Å². The molecule has 6 nitrogen and oxygen atoms in total. The van der Waals surface area contributed by atoms with Gasteiger partial charge in [0.2, 0.25) is 11.9 Å². The summed E-state index contributed by atoms with van der Waals surface area (Å²) >= 11 is 0. The molecule has 6 heteroatoms. The van der Waals surface area contributed by atoms with Gasteiger partial charge in [0.1, 0.15) is 5.82 Å². The molecular formula is C19H33N5O. The second kappa shape index (κ2) is 5.99. The Morgan fingerprint density at radius 1 is 1.04 bits per heavy atom. The predicted molar refractivity (Wildman–Crippen MR) is 99.6 cm³/mol. The zero-order valence-corrected chi connectivity index (χ0v) is 16.6. The second-order valence-corrected chi connectivity index (χ2v) is 9.90. The van der Waals surface area contributed by atoms with Gasteiger partial charge >= 0.3 is 0 Å². The van der Waals surface area contributed by atoms with E-state index in [0.29, 0.717) is 18.4 Å². The SMILES string of the molecule is Cn1c(N2CCC(C)(C)CC(C)(C)C2)nnc1C1(C)CCC(=O)NC1. The highest BCUT2D eigenvalue weighted by Crippen LogP contribution is 2.41. The normalized spacial score (nSPS) is 29.2. The molecule has 140 valence electrons. The van der Waals surface area contributed by atoms with Crippen molar-refractivity contribution in [2.75, 3.05) is 24.5 Å². The Balaban J connectivity index is 1.87. The Labute approximate surface area is 151 Å². The predicted octanol–water partition coefficient (Wildman–Crippen LogP) is 2.64. The third kappa shape index (κ3) is 3.67. The van der Waals surface area contributed by atoms with E-state index in [1.807, 2.05) is 0 Å². The molecule has 0 spiro atoms. The van der Waals surface area contributed by atoms with Crippen molar-refractivity contribution in [3.8, 4) is 0 Å². The number of rotatable bonds is 2. The molecule has 1 unspecified atom stereocenters. The van der Waals surface area contributed by atoms with Crippen LogP contribution in [0.3, 0.4) is 0 Å². The summed E-state index contributed by atoms with van der Waals surface area (Å²) in [6.07, 6.45) is 3.75. The van der Waals surface area contributed by atoms with Crippen molar-refractivity contribution in [2.24, 2.45) is 17.9 Å². The lowest BCUT2D eigenvalue weighted by atomic mass is 9.75. The van der Waals surface area contributed by atoms with Crippen LogP contribution in [0.1, 0.15) is 66.1 Å². The highest BCUT2D eigenvalue weighted by molar-refractivity contribution is 5.77. The average Bonchev–Trinajstić information content (AvgIpc) is 2.83. The van der Waals surface area contributed by atoms with E-state index in [1.54, 1.807) is 0 Å². The Hall–Kier alpha value is -1.59. The lowest BCUT2D eigenvalue weighted by Gasteiger charge is -2.34. The minimum absolute atomic E-state index is 0.136. The first-order valence-electron chi connectivity index (χ1n) is 9.43. The Morgan fingerprint density at radius 3 is 2.40 bits per heavy atom. The molecule has 1 aromatic heterocycles. The van der Waals surface area contributed by atoms with E-state index in [1.165, 1.54) is 6.42 Å². The first-order chi connectivity index (χ1) is 11.5. The minimum atomic E-state index is -0.144. The number of amides is 1. The number of piperidine rings is 1. The molecule has 25 heavy (non-hydrogen) atoms. The second-order valence-electron chi connectivity index (χ2n) is 9.90. The summed E-state index contributed by atoms with van der Waals surface area (Å²) in [6, 6.07) is 0. The first-order valence-corrected chi connectivity index (χ1v) is 9.43. The van der Waals surface area contributed by atoms with Crippen LogP contribution in [-0.2, 0) is 17.3 Å². The zero-order chi connectivity index (χ0) is 18.5. The van der Waals surface area contributed by atoms with Crippen LogP contribution < -0.4 is 10.2 Å². The van der Waals surface area contributed by atoms with Gasteiger partial charge in [-0.05, 0) is 30.1 Å². The molecule has 1 aromatic rings. The van der Waals surface area contributed by atoms with Gasteiger partial charge in [-0.15, -0.1) is 10.2 Å². The molecular weight excluding hydrogens is 314 g/mol. The van der Waals surface area contributed by atoms with Crippen LogP contribution >= 0.6 is 0 Å². The van der Waals surface area contributed by atoms with Gasteiger partial charge in [-0.25, -0.2) is 0 Å². The van der Waals surface area contributed by atoms with E-state index in [4.69, 9.17) is 0 Å². The van der Waals surface area contributed by atoms with E-state index in [-0.39, 0.29) is 16.7 Å². The number of nitrogens with one attached hydrogen (secondary N) is 1. The van der Waals surface area contributed by atoms with Gasteiger partial charge < -0.3 is 10.2 Å². The maximum atomic E-state index is 11.5. The third-order valence-electron chi connectivity index (χ3n) is 5.89. The van der Waals surface area contributed by atoms with Crippen molar-refractivity contribution < 1.29 is 4.79 Å². The maximum absolute atomic E-state index is 11.5. The van der Waals surface area contributed by atoms with Crippen molar-refractivity contribution in [3.05, 3.63) is 5.82 Å². The number of carbonyl (C=O) groups is 1. The van der Waals surface area contributed by atoms with E-state index in [0.717, 1.165) is 37.7 Å². The number of nitrogens with zero attached hydrogens (tertiary/aromatic N) is 4. The fraction of sp³-hybridized carbons (Fsp3) is 0.842. The molecule has 3 rings (SSSR count). The van der Waals surface area contributed by atoms with Crippen molar-refractivity contribution in [3.63, 3.8) is 0 Å². The third-order valence-corrected chi connectivity index (χ3v) is 5.89. The van der Waals surface area contributed by atoms with Gasteiger partial charge in [0.05, 0.1) is 0 Å². The smallest absolute Gasteiger partial charge is 0.227 e. The van der Waals surface area contributed by atoms with Crippen LogP contribution in [0.2, 0.25) is 0 Å². The van der Waals surface area contributed by atoms with E-state index in [2.05, 4.69) is 66.6 Å². The molecule has 0 bridgehead atoms. The van der Waals surface area contributed by atoms with Crippen molar-refractivity contribution >= 4 is 11.9 Å². The molecule has 2 fully saturated rings. The summed E-state index contributed by atoms with van der Waals surface area (Å²) in [5.74, 6) is 2.07. The Bertz CT molecular complexity index is 651. The van der Waals surface area contributed by atoms with E-state index in [9.17, 15) is 4.79 Å². The fourth-order valence-electron chi connectivity index (χ4n) is 4.82. The Kier molecular flexibility index (Phi) is 4.36. The highest BCUT2D eigenvalue weighted by atomic mass is 16.1. The monoisotopic (exact) mass is 347 g/mol. The Morgan fingerprint density at radius 2 is 1.76 bits per heavy atom. The molecule has 0 saturated carbocycles.